The Kier molecular flexibility index (Phi) is 3.89. The van der Waals surface area contributed by atoms with Crippen molar-refractivity contribution in [3.05, 3.63) is 0 Å². The lowest BCUT2D eigenvalue weighted by Gasteiger charge is -2.59. The van der Waals surface area contributed by atoms with Gasteiger partial charge in [-0.05, 0) is 70.5 Å². The normalized spacial score (nSPS) is 46.7. The van der Waals surface area contributed by atoms with Crippen molar-refractivity contribution in [2.24, 2.45) is 17.6 Å². The maximum absolute atomic E-state index is 6.29. The molecule has 1 unspecified atom stereocenters. The Hall–Kier alpha value is -0.120. The average Bonchev–Trinajstić information content (AvgIpc) is 2.48. The molecular formula is C16H31N3. The van der Waals surface area contributed by atoms with E-state index in [1.165, 1.54) is 58.2 Å². The molecule has 1 aliphatic carbocycles. The fraction of sp³-hybridized carbons (Fsp3) is 1.00. The SMILES string of the molecule is CC1CCC(N(C)C2(CN)CN3CCC2CC3)CC1. The fourth-order valence-electron chi connectivity index (χ4n) is 4.91. The van der Waals surface area contributed by atoms with Crippen LogP contribution < -0.4 is 5.73 Å². The molecule has 0 aromatic heterocycles. The number of hydrogen-bond acceptors (Lipinski definition) is 3. The lowest BCUT2D eigenvalue weighted by molar-refractivity contribution is -0.0796. The summed E-state index contributed by atoms with van der Waals surface area (Å²) >= 11 is 0. The molecule has 4 aliphatic rings. The zero-order valence-electron chi connectivity index (χ0n) is 12.8. The van der Waals surface area contributed by atoms with Crippen molar-refractivity contribution in [3.63, 3.8) is 0 Å². The van der Waals surface area contributed by atoms with Crippen LogP contribution in [0.3, 0.4) is 0 Å². The molecule has 2 bridgehead atoms. The van der Waals surface area contributed by atoms with E-state index in [2.05, 4.69) is 23.8 Å². The molecule has 0 amide bonds. The summed E-state index contributed by atoms with van der Waals surface area (Å²) in [6.45, 7) is 7.08. The molecule has 0 radical (unpaired) electrons. The van der Waals surface area contributed by atoms with Crippen LogP contribution in [-0.4, -0.2) is 54.6 Å². The van der Waals surface area contributed by atoms with Gasteiger partial charge in [-0.25, -0.2) is 0 Å². The summed E-state index contributed by atoms with van der Waals surface area (Å²) in [7, 11) is 2.37. The lowest BCUT2D eigenvalue weighted by Crippen LogP contribution is -2.71. The first kappa shape index (κ1) is 13.8. The summed E-state index contributed by atoms with van der Waals surface area (Å²) < 4.78 is 0. The lowest BCUT2D eigenvalue weighted by atomic mass is 9.70. The highest BCUT2D eigenvalue weighted by molar-refractivity contribution is 5.07. The second-order valence-electron chi connectivity index (χ2n) is 7.38. The Morgan fingerprint density at radius 1 is 1.11 bits per heavy atom. The Morgan fingerprint density at radius 3 is 2.21 bits per heavy atom. The Morgan fingerprint density at radius 2 is 1.74 bits per heavy atom. The van der Waals surface area contributed by atoms with E-state index in [9.17, 15) is 0 Å². The Balaban J connectivity index is 1.74. The third kappa shape index (κ3) is 2.34. The fourth-order valence-corrected chi connectivity index (χ4v) is 4.91. The number of rotatable bonds is 3. The summed E-state index contributed by atoms with van der Waals surface area (Å²) in [5.74, 6) is 1.77. The van der Waals surface area contributed by atoms with Gasteiger partial charge in [-0.1, -0.05) is 6.92 Å². The van der Waals surface area contributed by atoms with E-state index >= 15 is 0 Å². The van der Waals surface area contributed by atoms with Gasteiger partial charge in [0.1, 0.15) is 0 Å². The molecular weight excluding hydrogens is 234 g/mol. The van der Waals surface area contributed by atoms with Crippen molar-refractivity contribution in [1.82, 2.24) is 9.80 Å². The predicted molar refractivity (Wildman–Crippen MR) is 80.1 cm³/mol. The molecule has 3 heteroatoms. The minimum absolute atomic E-state index is 0.280. The molecule has 0 aromatic rings. The van der Waals surface area contributed by atoms with E-state index in [1.807, 2.05) is 0 Å². The smallest absolute Gasteiger partial charge is 0.0487 e. The molecule has 110 valence electrons. The number of nitrogens with zero attached hydrogens (tertiary/aromatic N) is 2. The molecule has 0 aromatic carbocycles. The number of nitrogens with two attached hydrogens (primary N) is 1. The maximum Gasteiger partial charge on any atom is 0.0487 e. The van der Waals surface area contributed by atoms with Crippen LogP contribution in [0.15, 0.2) is 0 Å². The largest absolute Gasteiger partial charge is 0.329 e. The van der Waals surface area contributed by atoms with Gasteiger partial charge in [0.2, 0.25) is 0 Å². The number of hydrogen-bond donors (Lipinski definition) is 1. The third-order valence-corrected chi connectivity index (χ3v) is 6.43. The molecule has 1 saturated carbocycles. The van der Waals surface area contributed by atoms with Crippen molar-refractivity contribution >= 4 is 0 Å². The van der Waals surface area contributed by atoms with Gasteiger partial charge in [-0.2, -0.15) is 0 Å². The average molecular weight is 265 g/mol. The van der Waals surface area contributed by atoms with Gasteiger partial charge in [0, 0.05) is 24.7 Å². The monoisotopic (exact) mass is 265 g/mol. The molecule has 3 aliphatic heterocycles. The van der Waals surface area contributed by atoms with Crippen LogP contribution in [0.5, 0.6) is 0 Å². The van der Waals surface area contributed by atoms with Crippen molar-refractivity contribution in [1.29, 1.82) is 0 Å². The van der Waals surface area contributed by atoms with Gasteiger partial charge in [0.15, 0.2) is 0 Å². The van der Waals surface area contributed by atoms with Crippen LogP contribution >= 0.6 is 0 Å². The van der Waals surface area contributed by atoms with E-state index in [0.717, 1.165) is 24.4 Å². The van der Waals surface area contributed by atoms with Gasteiger partial charge < -0.3 is 10.6 Å². The molecule has 3 nitrogen and oxygen atoms in total. The molecule has 2 N–H and O–H groups in total. The second-order valence-corrected chi connectivity index (χ2v) is 7.38. The van der Waals surface area contributed by atoms with Crippen molar-refractivity contribution < 1.29 is 0 Å². The van der Waals surface area contributed by atoms with Gasteiger partial charge >= 0.3 is 0 Å². The van der Waals surface area contributed by atoms with Crippen LogP contribution in [0, 0.1) is 11.8 Å². The first-order chi connectivity index (χ1) is 9.15. The number of piperidine rings is 3. The highest BCUT2D eigenvalue weighted by atomic mass is 15.3. The zero-order chi connectivity index (χ0) is 13.5. The molecule has 4 fully saturated rings. The summed E-state index contributed by atoms with van der Waals surface area (Å²) in [6.07, 6.45) is 8.31. The predicted octanol–water partition coefficient (Wildman–Crippen LogP) is 1.92. The van der Waals surface area contributed by atoms with E-state index in [1.54, 1.807) is 0 Å². The zero-order valence-corrected chi connectivity index (χ0v) is 12.8. The van der Waals surface area contributed by atoms with E-state index < -0.39 is 0 Å². The minimum atomic E-state index is 0.280. The number of likely N-dealkylation sites (N-methyl/N-ethyl adjacent to an activating group) is 1. The summed E-state index contributed by atoms with van der Waals surface area (Å²) in [5, 5.41) is 0. The van der Waals surface area contributed by atoms with Crippen LogP contribution in [-0.2, 0) is 0 Å². The third-order valence-electron chi connectivity index (χ3n) is 6.43. The topological polar surface area (TPSA) is 32.5 Å². The van der Waals surface area contributed by atoms with Gasteiger partial charge in [-0.15, -0.1) is 0 Å². The quantitative estimate of drug-likeness (QED) is 0.846. The van der Waals surface area contributed by atoms with Crippen molar-refractivity contribution in [3.8, 4) is 0 Å². The highest BCUT2D eigenvalue weighted by Gasteiger charge is 2.49. The maximum atomic E-state index is 6.29. The second kappa shape index (κ2) is 5.34. The summed E-state index contributed by atoms with van der Waals surface area (Å²) in [6, 6.07) is 0.778. The summed E-state index contributed by atoms with van der Waals surface area (Å²) in [5.41, 5.74) is 6.57. The van der Waals surface area contributed by atoms with Gasteiger partial charge in [0.25, 0.3) is 0 Å². The molecule has 4 rings (SSSR count). The standard InChI is InChI=1S/C16H31N3/c1-13-3-5-15(6-4-13)18(2)16(11-17)12-19-9-7-14(16)8-10-19/h13-15H,3-12,17H2,1-2H3. The number of fused-ring (bicyclic) bond motifs is 3. The molecule has 3 saturated heterocycles. The minimum Gasteiger partial charge on any atom is -0.329 e. The van der Waals surface area contributed by atoms with Crippen molar-refractivity contribution in [2.75, 3.05) is 33.2 Å². The van der Waals surface area contributed by atoms with E-state index in [0.29, 0.717) is 0 Å². The van der Waals surface area contributed by atoms with Crippen LogP contribution in [0.2, 0.25) is 0 Å². The Labute approximate surface area is 118 Å². The van der Waals surface area contributed by atoms with Gasteiger partial charge in [-0.3, -0.25) is 4.90 Å². The van der Waals surface area contributed by atoms with Crippen molar-refractivity contribution in [2.45, 2.75) is 57.0 Å². The van der Waals surface area contributed by atoms with E-state index in [-0.39, 0.29) is 5.54 Å². The van der Waals surface area contributed by atoms with Crippen LogP contribution in [0.1, 0.15) is 45.4 Å². The molecule has 3 heterocycles. The van der Waals surface area contributed by atoms with E-state index in [4.69, 9.17) is 5.73 Å². The first-order valence-corrected chi connectivity index (χ1v) is 8.31. The van der Waals surface area contributed by atoms with Crippen LogP contribution in [0.4, 0.5) is 0 Å². The molecule has 19 heavy (non-hydrogen) atoms. The highest BCUT2D eigenvalue weighted by Crippen LogP contribution is 2.41. The first-order valence-electron chi connectivity index (χ1n) is 8.31. The molecule has 0 spiro atoms. The Bertz CT molecular complexity index is 303. The van der Waals surface area contributed by atoms with Crippen LogP contribution in [0.25, 0.3) is 0 Å². The van der Waals surface area contributed by atoms with Gasteiger partial charge in [0.05, 0.1) is 0 Å². The molecule has 1 atom stereocenters. The summed E-state index contributed by atoms with van der Waals surface area (Å²) in [4.78, 5) is 5.36.